The molecule has 1 nitrogen and oxygen atoms in total. The minimum Gasteiger partial charge on any atom is -0.309 e. The van der Waals surface area contributed by atoms with E-state index in [9.17, 15) is 0 Å². The van der Waals surface area contributed by atoms with Crippen molar-refractivity contribution < 1.29 is 0 Å². The maximum absolute atomic E-state index is 2.50. The molecular weight excluding hydrogens is 530 g/mol. The van der Waals surface area contributed by atoms with E-state index in [0.29, 0.717) is 0 Å². The summed E-state index contributed by atoms with van der Waals surface area (Å²) in [6.07, 6.45) is 0. The van der Waals surface area contributed by atoms with Gasteiger partial charge < -0.3 is 4.57 Å². The fourth-order valence-electron chi connectivity index (χ4n) is 8.49. The maximum atomic E-state index is 2.50. The molecule has 0 radical (unpaired) electrons. The molecule has 206 valence electrons. The molecule has 0 saturated heterocycles. The van der Waals surface area contributed by atoms with Gasteiger partial charge in [0.25, 0.3) is 0 Å². The van der Waals surface area contributed by atoms with Gasteiger partial charge in [-0.25, -0.2) is 0 Å². The Morgan fingerprint density at radius 3 is 1.64 bits per heavy atom. The summed E-state index contributed by atoms with van der Waals surface area (Å²) in [5.74, 6) is 0. The van der Waals surface area contributed by atoms with Crippen LogP contribution in [0.2, 0.25) is 0 Å². The zero-order valence-corrected chi connectivity index (χ0v) is 24.7. The summed E-state index contributed by atoms with van der Waals surface area (Å²) < 4.78 is 2.45. The predicted octanol–water partition coefficient (Wildman–Crippen LogP) is 11.7. The first-order valence-electron chi connectivity index (χ1n) is 15.5. The van der Waals surface area contributed by atoms with Gasteiger partial charge >= 0.3 is 0 Å². The van der Waals surface area contributed by atoms with Crippen molar-refractivity contribution in [2.24, 2.45) is 0 Å². The molecule has 0 fully saturated rings. The van der Waals surface area contributed by atoms with E-state index < -0.39 is 0 Å². The molecule has 1 heteroatoms. The molecule has 1 aliphatic rings. The van der Waals surface area contributed by atoms with E-state index >= 15 is 0 Å². The second kappa shape index (κ2) is 8.36. The predicted molar refractivity (Wildman–Crippen MR) is 188 cm³/mol. The molecule has 0 bridgehead atoms. The molecule has 0 spiro atoms. The van der Waals surface area contributed by atoms with E-state index in [2.05, 4.69) is 158 Å². The SMILES string of the molecule is CC1(C)c2cc3c(cc2-c2c1c1c4ccccc4c4ccccc4c1c1ccccc21)c1ccccc1n3-c1ccccc1. The summed E-state index contributed by atoms with van der Waals surface area (Å²) in [5.41, 5.74) is 9.11. The van der Waals surface area contributed by atoms with Crippen LogP contribution < -0.4 is 0 Å². The highest BCUT2D eigenvalue weighted by molar-refractivity contribution is 6.35. The number of para-hydroxylation sites is 2. The summed E-state index contributed by atoms with van der Waals surface area (Å²) >= 11 is 0. The van der Waals surface area contributed by atoms with E-state index in [4.69, 9.17) is 0 Å². The molecule has 0 unspecified atom stereocenters. The van der Waals surface area contributed by atoms with Gasteiger partial charge in [0.05, 0.1) is 11.0 Å². The molecular formula is C43H29N. The van der Waals surface area contributed by atoms with Crippen LogP contribution >= 0.6 is 0 Å². The third-order valence-electron chi connectivity index (χ3n) is 10.3. The lowest BCUT2D eigenvalue weighted by molar-refractivity contribution is 0.667. The van der Waals surface area contributed by atoms with Gasteiger partial charge in [-0.2, -0.15) is 0 Å². The minimum atomic E-state index is -0.204. The van der Waals surface area contributed by atoms with Crippen molar-refractivity contribution >= 4 is 64.9 Å². The molecule has 10 rings (SSSR count). The van der Waals surface area contributed by atoms with Gasteiger partial charge in [-0.3, -0.25) is 0 Å². The van der Waals surface area contributed by atoms with E-state index in [-0.39, 0.29) is 5.41 Å². The van der Waals surface area contributed by atoms with Crippen LogP contribution in [0.5, 0.6) is 0 Å². The van der Waals surface area contributed by atoms with Crippen LogP contribution in [0.25, 0.3) is 81.7 Å². The van der Waals surface area contributed by atoms with E-state index in [1.807, 2.05) is 0 Å². The van der Waals surface area contributed by atoms with Gasteiger partial charge in [0.15, 0.2) is 0 Å². The van der Waals surface area contributed by atoms with Crippen LogP contribution in [0.15, 0.2) is 140 Å². The Kier molecular flexibility index (Phi) is 4.58. The Hall–Kier alpha value is -5.40. The van der Waals surface area contributed by atoms with Crippen molar-refractivity contribution in [3.05, 3.63) is 151 Å². The summed E-state index contributed by atoms with van der Waals surface area (Å²) in [6.45, 7) is 4.88. The molecule has 0 saturated carbocycles. The monoisotopic (exact) mass is 559 g/mol. The highest BCUT2D eigenvalue weighted by Crippen LogP contribution is 2.58. The quantitative estimate of drug-likeness (QED) is 0.176. The summed E-state index contributed by atoms with van der Waals surface area (Å²) in [6, 6.07) is 51.8. The van der Waals surface area contributed by atoms with Gasteiger partial charge in [0, 0.05) is 21.9 Å². The molecule has 0 N–H and O–H groups in total. The molecule has 44 heavy (non-hydrogen) atoms. The second-order valence-electron chi connectivity index (χ2n) is 12.9. The lowest BCUT2D eigenvalue weighted by Gasteiger charge is -2.26. The number of hydrogen-bond acceptors (Lipinski definition) is 0. The topological polar surface area (TPSA) is 4.93 Å². The van der Waals surface area contributed by atoms with Crippen molar-refractivity contribution in [1.82, 2.24) is 4.57 Å². The zero-order valence-electron chi connectivity index (χ0n) is 24.7. The van der Waals surface area contributed by atoms with Gasteiger partial charge in [0.1, 0.15) is 0 Å². The number of fused-ring (bicyclic) bond motifs is 16. The number of benzene rings is 8. The van der Waals surface area contributed by atoms with Gasteiger partial charge in [-0.1, -0.05) is 123 Å². The molecule has 1 aliphatic carbocycles. The van der Waals surface area contributed by atoms with Crippen LogP contribution in [0.4, 0.5) is 0 Å². The molecule has 1 heterocycles. The lowest BCUT2D eigenvalue weighted by atomic mass is 9.77. The highest BCUT2D eigenvalue weighted by Gasteiger charge is 2.40. The van der Waals surface area contributed by atoms with Gasteiger partial charge in [-0.05, 0) is 95.7 Å². The van der Waals surface area contributed by atoms with Crippen molar-refractivity contribution in [1.29, 1.82) is 0 Å². The zero-order chi connectivity index (χ0) is 29.2. The van der Waals surface area contributed by atoms with Crippen molar-refractivity contribution in [3.63, 3.8) is 0 Å². The van der Waals surface area contributed by atoms with E-state index in [1.165, 1.54) is 92.8 Å². The molecule has 0 aliphatic heterocycles. The summed E-state index contributed by atoms with van der Waals surface area (Å²) in [5, 5.41) is 13.4. The van der Waals surface area contributed by atoms with Gasteiger partial charge in [-0.15, -0.1) is 0 Å². The Bertz CT molecular complexity index is 2670. The normalized spacial score (nSPS) is 13.9. The Labute approximate surface area is 255 Å². The second-order valence-corrected chi connectivity index (χ2v) is 12.9. The molecule has 9 aromatic rings. The van der Waals surface area contributed by atoms with Crippen LogP contribution in [0, 0.1) is 0 Å². The van der Waals surface area contributed by atoms with Crippen LogP contribution in [0.1, 0.15) is 25.0 Å². The summed E-state index contributed by atoms with van der Waals surface area (Å²) in [4.78, 5) is 0. The fourth-order valence-corrected chi connectivity index (χ4v) is 8.49. The van der Waals surface area contributed by atoms with Crippen LogP contribution in [0.3, 0.4) is 0 Å². The third kappa shape index (κ3) is 2.89. The summed E-state index contributed by atoms with van der Waals surface area (Å²) in [7, 11) is 0. The van der Waals surface area contributed by atoms with Crippen molar-refractivity contribution in [2.45, 2.75) is 19.3 Å². The Morgan fingerprint density at radius 1 is 0.432 bits per heavy atom. The number of nitrogens with zero attached hydrogens (tertiary/aromatic N) is 1. The first-order chi connectivity index (χ1) is 21.6. The Morgan fingerprint density at radius 2 is 0.955 bits per heavy atom. The fraction of sp³-hybridized carbons (Fsp3) is 0.0698. The van der Waals surface area contributed by atoms with E-state index in [1.54, 1.807) is 0 Å². The Balaban J connectivity index is 1.45. The van der Waals surface area contributed by atoms with Crippen LogP contribution in [-0.2, 0) is 5.41 Å². The number of aromatic nitrogens is 1. The highest BCUT2D eigenvalue weighted by atomic mass is 15.0. The molecule has 8 aromatic carbocycles. The molecule has 0 amide bonds. The third-order valence-corrected chi connectivity index (χ3v) is 10.3. The van der Waals surface area contributed by atoms with Gasteiger partial charge in [0.2, 0.25) is 0 Å². The smallest absolute Gasteiger partial charge is 0.0544 e. The average molecular weight is 560 g/mol. The largest absolute Gasteiger partial charge is 0.309 e. The lowest BCUT2D eigenvalue weighted by Crippen LogP contribution is -2.16. The molecule has 0 atom stereocenters. The maximum Gasteiger partial charge on any atom is 0.0544 e. The van der Waals surface area contributed by atoms with E-state index in [0.717, 1.165) is 0 Å². The first kappa shape index (κ1) is 24.1. The number of rotatable bonds is 1. The average Bonchev–Trinajstić information content (AvgIpc) is 3.52. The van der Waals surface area contributed by atoms with Crippen molar-refractivity contribution in [2.75, 3.05) is 0 Å². The minimum absolute atomic E-state index is 0.204. The molecule has 1 aromatic heterocycles. The standard InChI is InChI=1S/C43H29N/c1-43(2)36-25-38-34(29-18-12-13-23-37(29)44(38)26-14-4-3-5-15-26)24-35(36)40-33-22-11-10-21-32(33)39-30-19-8-6-16-27(30)28-17-7-9-20-31(28)41(39)42(40)43/h3-25H,1-2H3. The van der Waals surface area contributed by atoms with Crippen LogP contribution in [-0.4, -0.2) is 4.57 Å². The first-order valence-corrected chi connectivity index (χ1v) is 15.5. The van der Waals surface area contributed by atoms with Crippen molar-refractivity contribution in [3.8, 4) is 16.8 Å². The number of hydrogen-bond donors (Lipinski definition) is 0.